The second kappa shape index (κ2) is 3.00. The molecule has 2 aliphatic carbocycles. The predicted octanol–water partition coefficient (Wildman–Crippen LogP) is 0.949. The third-order valence-corrected chi connectivity index (χ3v) is 4.16. The second-order valence-electron chi connectivity index (χ2n) is 4.92. The Balaban J connectivity index is 2.02. The van der Waals surface area contributed by atoms with Crippen molar-refractivity contribution in [1.29, 1.82) is 0 Å². The van der Waals surface area contributed by atoms with Crippen molar-refractivity contribution in [3.8, 4) is 0 Å². The molecule has 2 fully saturated rings. The van der Waals surface area contributed by atoms with Crippen molar-refractivity contribution in [2.45, 2.75) is 39.0 Å². The average Bonchev–Trinajstić information content (AvgIpc) is 1.94. The van der Waals surface area contributed by atoms with Gasteiger partial charge >= 0.3 is 0 Å². The lowest BCUT2D eigenvalue weighted by atomic mass is 9.54. The Hall–Kier alpha value is -0.0800. The highest BCUT2D eigenvalue weighted by Gasteiger charge is 2.46. The number of fused-ring (bicyclic) bond motifs is 1. The molecule has 0 bridgehead atoms. The second-order valence-corrected chi connectivity index (χ2v) is 4.92. The Morgan fingerprint density at radius 2 is 2.25 bits per heavy atom. The van der Waals surface area contributed by atoms with Gasteiger partial charge in [-0.05, 0) is 36.5 Å². The van der Waals surface area contributed by atoms with Crippen LogP contribution in [-0.2, 0) is 0 Å². The van der Waals surface area contributed by atoms with E-state index in [2.05, 4.69) is 18.2 Å². The van der Waals surface area contributed by atoms with Gasteiger partial charge in [0.15, 0.2) is 0 Å². The van der Waals surface area contributed by atoms with E-state index in [0.29, 0.717) is 5.41 Å². The first-order valence-electron chi connectivity index (χ1n) is 5.26. The number of nitrogens with one attached hydrogen (secondary N) is 1. The zero-order valence-electron chi connectivity index (χ0n) is 8.10. The Bertz CT molecular complexity index is 165. The molecule has 0 aromatic carbocycles. The van der Waals surface area contributed by atoms with E-state index in [4.69, 9.17) is 0 Å². The van der Waals surface area contributed by atoms with Gasteiger partial charge < -0.3 is 0 Å². The summed E-state index contributed by atoms with van der Waals surface area (Å²) in [5.74, 6) is 5.84. The Morgan fingerprint density at radius 1 is 1.42 bits per heavy atom. The molecule has 0 aliphatic heterocycles. The topological polar surface area (TPSA) is 39.7 Å². The van der Waals surface area contributed by atoms with Crippen LogP contribution in [0.3, 0.4) is 0 Å². The molecule has 70 valence electrons. The average molecular weight is 169 g/mol. The van der Waals surface area contributed by atoms with Gasteiger partial charge in [0.25, 0.3) is 0 Å². The monoisotopic (exact) mass is 169 g/mol. The molecular formula is C10H21N2+. The van der Waals surface area contributed by atoms with Gasteiger partial charge in [-0.25, -0.2) is 0 Å². The van der Waals surface area contributed by atoms with E-state index in [1.165, 1.54) is 32.1 Å². The standard InChI is InChI=1S/C10H20N2/c1-10(7-12-11)6-2-3-8-4-5-9(8)10/h8-9,12H,2-7,11H2,1H3/p+1. The lowest BCUT2D eigenvalue weighted by Gasteiger charge is -2.52. The third-order valence-electron chi connectivity index (χ3n) is 4.16. The fourth-order valence-corrected chi connectivity index (χ4v) is 3.29. The van der Waals surface area contributed by atoms with Gasteiger partial charge in [-0.2, -0.15) is 5.43 Å². The minimum atomic E-state index is 0.572. The highest BCUT2D eigenvalue weighted by atomic mass is 15.2. The molecule has 2 saturated carbocycles. The number of rotatable bonds is 2. The van der Waals surface area contributed by atoms with Gasteiger partial charge in [-0.1, -0.05) is 19.8 Å². The van der Waals surface area contributed by atoms with Crippen LogP contribution in [0.15, 0.2) is 0 Å². The van der Waals surface area contributed by atoms with Crippen molar-refractivity contribution in [1.82, 2.24) is 5.43 Å². The summed E-state index contributed by atoms with van der Waals surface area (Å²) in [5, 5.41) is 0. The van der Waals surface area contributed by atoms with Crippen molar-refractivity contribution >= 4 is 0 Å². The molecule has 2 nitrogen and oxygen atoms in total. The Labute approximate surface area is 74.9 Å². The van der Waals surface area contributed by atoms with Gasteiger partial charge in [0.05, 0.1) is 0 Å². The summed E-state index contributed by atoms with van der Waals surface area (Å²) in [6, 6.07) is 0. The van der Waals surface area contributed by atoms with E-state index in [9.17, 15) is 0 Å². The van der Waals surface area contributed by atoms with Crippen molar-refractivity contribution in [2.24, 2.45) is 17.3 Å². The van der Waals surface area contributed by atoms with Crippen molar-refractivity contribution in [3.63, 3.8) is 0 Å². The summed E-state index contributed by atoms with van der Waals surface area (Å²) >= 11 is 0. The lowest BCUT2D eigenvalue weighted by Crippen LogP contribution is -2.68. The maximum absolute atomic E-state index is 3.76. The van der Waals surface area contributed by atoms with Crippen LogP contribution in [-0.4, -0.2) is 6.54 Å². The van der Waals surface area contributed by atoms with E-state index < -0.39 is 0 Å². The molecule has 4 N–H and O–H groups in total. The molecule has 2 aliphatic rings. The third kappa shape index (κ3) is 1.17. The van der Waals surface area contributed by atoms with E-state index >= 15 is 0 Å². The maximum atomic E-state index is 3.76. The van der Waals surface area contributed by atoms with Crippen molar-refractivity contribution < 1.29 is 5.84 Å². The van der Waals surface area contributed by atoms with Crippen LogP contribution < -0.4 is 11.3 Å². The number of hydrogen-bond acceptors (Lipinski definition) is 1. The summed E-state index contributed by atoms with van der Waals surface area (Å²) in [7, 11) is 0. The van der Waals surface area contributed by atoms with Crippen LogP contribution in [0.5, 0.6) is 0 Å². The van der Waals surface area contributed by atoms with Gasteiger partial charge in [0, 0.05) is 6.54 Å². The minimum Gasteiger partial charge on any atom is -0.280 e. The lowest BCUT2D eigenvalue weighted by molar-refractivity contribution is -0.448. The molecule has 0 aromatic rings. The molecule has 0 spiro atoms. The van der Waals surface area contributed by atoms with Gasteiger partial charge in [0.1, 0.15) is 0 Å². The zero-order valence-corrected chi connectivity index (χ0v) is 8.10. The first-order valence-corrected chi connectivity index (χ1v) is 5.26. The number of quaternary nitrogens is 1. The first-order chi connectivity index (χ1) is 5.76. The summed E-state index contributed by atoms with van der Waals surface area (Å²) in [4.78, 5) is 0. The number of hydrogen-bond donors (Lipinski definition) is 2. The highest BCUT2D eigenvalue weighted by Crippen LogP contribution is 2.54. The molecule has 12 heavy (non-hydrogen) atoms. The quantitative estimate of drug-likeness (QED) is 0.594. The molecule has 0 heterocycles. The SMILES string of the molecule is CC1(CN[NH3+])CCCC2CCC21. The van der Waals surface area contributed by atoms with Crippen LogP contribution in [0, 0.1) is 17.3 Å². The van der Waals surface area contributed by atoms with Crippen LogP contribution >= 0.6 is 0 Å². The normalized spacial score (nSPS) is 46.5. The first kappa shape index (κ1) is 8.52. The van der Waals surface area contributed by atoms with E-state index in [0.717, 1.165) is 18.4 Å². The van der Waals surface area contributed by atoms with Crippen LogP contribution in [0.4, 0.5) is 0 Å². The van der Waals surface area contributed by atoms with Crippen molar-refractivity contribution in [2.75, 3.05) is 6.54 Å². The fourth-order valence-electron chi connectivity index (χ4n) is 3.29. The highest BCUT2D eigenvalue weighted by molar-refractivity contribution is 4.97. The Morgan fingerprint density at radius 3 is 2.83 bits per heavy atom. The van der Waals surface area contributed by atoms with E-state index in [1.807, 2.05) is 0 Å². The van der Waals surface area contributed by atoms with E-state index in [1.54, 1.807) is 0 Å². The van der Waals surface area contributed by atoms with Crippen molar-refractivity contribution in [3.05, 3.63) is 0 Å². The summed E-state index contributed by atoms with van der Waals surface area (Å²) in [5.41, 5.74) is 3.69. The largest absolute Gasteiger partial charge is 0.280 e. The Kier molecular flexibility index (Phi) is 2.13. The molecular weight excluding hydrogens is 148 g/mol. The molecule has 0 saturated heterocycles. The molecule has 2 rings (SSSR count). The maximum Gasteiger partial charge on any atom is 0.0499 e. The summed E-state index contributed by atoms with van der Waals surface area (Å²) in [6.45, 7) is 3.56. The summed E-state index contributed by atoms with van der Waals surface area (Å²) < 4.78 is 0. The fraction of sp³-hybridized carbons (Fsp3) is 1.00. The predicted molar refractivity (Wildman–Crippen MR) is 49.1 cm³/mol. The van der Waals surface area contributed by atoms with Gasteiger partial charge in [-0.3, -0.25) is 5.84 Å². The molecule has 3 unspecified atom stereocenters. The molecule has 0 aromatic heterocycles. The van der Waals surface area contributed by atoms with Crippen LogP contribution in [0.2, 0.25) is 0 Å². The van der Waals surface area contributed by atoms with Gasteiger partial charge in [0.2, 0.25) is 0 Å². The van der Waals surface area contributed by atoms with Crippen LogP contribution in [0.1, 0.15) is 39.0 Å². The van der Waals surface area contributed by atoms with E-state index in [-0.39, 0.29) is 0 Å². The summed E-state index contributed by atoms with van der Waals surface area (Å²) in [6.07, 6.45) is 7.33. The molecule has 2 heteroatoms. The molecule has 3 atom stereocenters. The zero-order chi connectivity index (χ0) is 8.60. The smallest absolute Gasteiger partial charge is 0.0499 e. The molecule has 0 amide bonds. The molecule has 0 radical (unpaired) electrons. The van der Waals surface area contributed by atoms with Gasteiger partial charge in [-0.15, -0.1) is 0 Å². The van der Waals surface area contributed by atoms with Crippen LogP contribution in [0.25, 0.3) is 0 Å². The minimum absolute atomic E-state index is 0.572.